The Morgan fingerprint density at radius 2 is 2.16 bits per heavy atom. The van der Waals surface area contributed by atoms with Crippen LogP contribution in [0.15, 0.2) is 12.1 Å². The molecular formula is C12H16FN3O3. The molecule has 0 saturated carbocycles. The van der Waals surface area contributed by atoms with Gasteiger partial charge in [-0.25, -0.2) is 4.39 Å². The van der Waals surface area contributed by atoms with Gasteiger partial charge in [0.2, 0.25) is 0 Å². The first-order valence-corrected chi connectivity index (χ1v) is 5.80. The first-order chi connectivity index (χ1) is 8.81. The number of hydrogen-bond acceptors (Lipinski definition) is 4. The van der Waals surface area contributed by atoms with Gasteiger partial charge < -0.3 is 10.6 Å². The SMILES string of the molecule is CCC(C)N(C)C(=O)c1c(F)ccc([N+](=O)[O-])c1N. The number of nitrogen functional groups attached to an aromatic ring is 1. The average molecular weight is 269 g/mol. The topological polar surface area (TPSA) is 89.5 Å². The van der Waals surface area contributed by atoms with Crippen molar-refractivity contribution in [1.29, 1.82) is 0 Å². The van der Waals surface area contributed by atoms with Crippen LogP contribution in [0.3, 0.4) is 0 Å². The summed E-state index contributed by atoms with van der Waals surface area (Å²) in [5.74, 6) is -1.52. The minimum Gasteiger partial charge on any atom is -0.392 e. The number of amides is 1. The van der Waals surface area contributed by atoms with Crippen molar-refractivity contribution in [3.05, 3.63) is 33.6 Å². The summed E-state index contributed by atoms with van der Waals surface area (Å²) in [6.45, 7) is 3.67. The van der Waals surface area contributed by atoms with Crippen molar-refractivity contribution in [3.8, 4) is 0 Å². The van der Waals surface area contributed by atoms with Crippen LogP contribution in [0, 0.1) is 15.9 Å². The summed E-state index contributed by atoms with van der Waals surface area (Å²) in [4.78, 5) is 23.5. The molecule has 1 aromatic carbocycles. The van der Waals surface area contributed by atoms with E-state index in [0.717, 1.165) is 12.1 Å². The Kier molecular flexibility index (Phi) is 4.42. The van der Waals surface area contributed by atoms with E-state index in [9.17, 15) is 19.3 Å². The van der Waals surface area contributed by atoms with E-state index in [1.807, 2.05) is 6.92 Å². The van der Waals surface area contributed by atoms with Crippen LogP contribution in [0.5, 0.6) is 0 Å². The van der Waals surface area contributed by atoms with E-state index in [0.29, 0.717) is 6.42 Å². The molecule has 0 radical (unpaired) electrons. The van der Waals surface area contributed by atoms with E-state index in [2.05, 4.69) is 0 Å². The number of nitro benzene ring substituents is 1. The Bertz CT molecular complexity index is 519. The van der Waals surface area contributed by atoms with E-state index in [4.69, 9.17) is 5.73 Å². The molecule has 0 spiro atoms. The highest BCUT2D eigenvalue weighted by molar-refractivity contribution is 6.01. The molecule has 2 N–H and O–H groups in total. The maximum atomic E-state index is 13.7. The predicted octanol–water partition coefficient (Wildman–Crippen LogP) is 2.19. The molecule has 1 unspecified atom stereocenters. The van der Waals surface area contributed by atoms with E-state index in [-0.39, 0.29) is 6.04 Å². The molecule has 0 aliphatic rings. The largest absolute Gasteiger partial charge is 0.392 e. The Labute approximate surface area is 110 Å². The van der Waals surface area contributed by atoms with Crippen molar-refractivity contribution >= 4 is 17.3 Å². The maximum Gasteiger partial charge on any atom is 0.293 e. The molecule has 1 amide bonds. The summed E-state index contributed by atoms with van der Waals surface area (Å²) < 4.78 is 13.7. The molecule has 0 heterocycles. The number of benzene rings is 1. The second-order valence-electron chi connectivity index (χ2n) is 4.29. The third-order valence-corrected chi connectivity index (χ3v) is 3.15. The first kappa shape index (κ1) is 14.9. The van der Waals surface area contributed by atoms with Gasteiger partial charge in [0.25, 0.3) is 11.6 Å². The lowest BCUT2D eigenvalue weighted by Crippen LogP contribution is -2.35. The number of nitrogens with two attached hydrogens (primary N) is 1. The van der Waals surface area contributed by atoms with Crippen LogP contribution < -0.4 is 5.73 Å². The van der Waals surface area contributed by atoms with Gasteiger partial charge in [0.15, 0.2) is 0 Å². The van der Waals surface area contributed by atoms with Gasteiger partial charge in [0.1, 0.15) is 17.1 Å². The van der Waals surface area contributed by atoms with E-state index < -0.39 is 33.6 Å². The monoisotopic (exact) mass is 269 g/mol. The van der Waals surface area contributed by atoms with Crippen LogP contribution in [0.4, 0.5) is 15.8 Å². The molecule has 0 saturated heterocycles. The third-order valence-electron chi connectivity index (χ3n) is 3.15. The van der Waals surface area contributed by atoms with Crippen molar-refractivity contribution in [2.75, 3.05) is 12.8 Å². The Morgan fingerprint density at radius 3 is 2.63 bits per heavy atom. The number of carbonyl (C=O) groups excluding carboxylic acids is 1. The first-order valence-electron chi connectivity index (χ1n) is 5.80. The third kappa shape index (κ3) is 2.81. The van der Waals surface area contributed by atoms with Crippen molar-refractivity contribution < 1.29 is 14.1 Å². The smallest absolute Gasteiger partial charge is 0.293 e. The standard InChI is InChI=1S/C12H16FN3O3/c1-4-7(2)15(3)12(17)10-8(13)5-6-9(11(10)14)16(18)19/h5-7H,4,14H2,1-3H3. The molecule has 1 atom stereocenters. The lowest BCUT2D eigenvalue weighted by Gasteiger charge is -2.24. The highest BCUT2D eigenvalue weighted by Crippen LogP contribution is 2.28. The van der Waals surface area contributed by atoms with Gasteiger partial charge in [-0.2, -0.15) is 0 Å². The van der Waals surface area contributed by atoms with Crippen molar-refractivity contribution in [1.82, 2.24) is 4.90 Å². The number of nitro groups is 1. The van der Waals surface area contributed by atoms with Crippen molar-refractivity contribution in [2.24, 2.45) is 0 Å². The fourth-order valence-electron chi connectivity index (χ4n) is 1.61. The van der Waals surface area contributed by atoms with Gasteiger partial charge in [-0.05, 0) is 19.4 Å². The van der Waals surface area contributed by atoms with Crippen LogP contribution in [0.2, 0.25) is 0 Å². The Balaban J connectivity index is 3.30. The van der Waals surface area contributed by atoms with Gasteiger partial charge in [-0.15, -0.1) is 0 Å². The van der Waals surface area contributed by atoms with Crippen molar-refractivity contribution in [3.63, 3.8) is 0 Å². The lowest BCUT2D eigenvalue weighted by atomic mass is 10.1. The van der Waals surface area contributed by atoms with Crippen LogP contribution >= 0.6 is 0 Å². The van der Waals surface area contributed by atoms with E-state index in [1.54, 1.807) is 6.92 Å². The molecule has 19 heavy (non-hydrogen) atoms. The molecule has 1 rings (SSSR count). The minimum atomic E-state index is -0.858. The van der Waals surface area contributed by atoms with Crippen LogP contribution in [0.25, 0.3) is 0 Å². The van der Waals surface area contributed by atoms with Crippen LogP contribution in [-0.4, -0.2) is 28.8 Å². The average Bonchev–Trinajstić information content (AvgIpc) is 2.36. The second kappa shape index (κ2) is 5.64. The van der Waals surface area contributed by atoms with Gasteiger partial charge in [0.05, 0.1) is 4.92 Å². The van der Waals surface area contributed by atoms with Gasteiger partial charge in [-0.1, -0.05) is 6.92 Å². The van der Waals surface area contributed by atoms with Crippen LogP contribution in [-0.2, 0) is 0 Å². The maximum absolute atomic E-state index is 13.7. The summed E-state index contributed by atoms with van der Waals surface area (Å²) in [6.07, 6.45) is 0.679. The zero-order valence-electron chi connectivity index (χ0n) is 11.0. The Morgan fingerprint density at radius 1 is 1.58 bits per heavy atom. The molecule has 6 nitrogen and oxygen atoms in total. The molecular weight excluding hydrogens is 253 g/mol. The second-order valence-corrected chi connectivity index (χ2v) is 4.29. The number of halogens is 1. The summed E-state index contributed by atoms with van der Waals surface area (Å²) in [5, 5.41) is 10.7. The molecule has 7 heteroatoms. The summed E-state index contributed by atoms with van der Waals surface area (Å²) in [6, 6.07) is 1.71. The molecule has 104 valence electrons. The molecule has 1 aromatic rings. The number of hydrogen-bond donors (Lipinski definition) is 1. The number of nitrogens with zero attached hydrogens (tertiary/aromatic N) is 2. The molecule has 0 fully saturated rings. The number of anilines is 1. The van der Waals surface area contributed by atoms with Crippen LogP contribution in [0.1, 0.15) is 30.6 Å². The fraction of sp³-hybridized carbons (Fsp3) is 0.417. The van der Waals surface area contributed by atoms with Crippen molar-refractivity contribution in [2.45, 2.75) is 26.3 Å². The van der Waals surface area contributed by atoms with Gasteiger partial charge in [-0.3, -0.25) is 14.9 Å². The molecule has 0 aliphatic carbocycles. The zero-order chi connectivity index (χ0) is 14.7. The number of rotatable bonds is 4. The Hall–Kier alpha value is -2.18. The normalized spacial score (nSPS) is 12.0. The summed E-state index contributed by atoms with van der Waals surface area (Å²) >= 11 is 0. The zero-order valence-corrected chi connectivity index (χ0v) is 11.0. The van der Waals surface area contributed by atoms with E-state index in [1.165, 1.54) is 11.9 Å². The fourth-order valence-corrected chi connectivity index (χ4v) is 1.61. The van der Waals surface area contributed by atoms with Gasteiger partial charge in [0, 0.05) is 19.2 Å². The van der Waals surface area contributed by atoms with Gasteiger partial charge >= 0.3 is 0 Å². The van der Waals surface area contributed by atoms with E-state index >= 15 is 0 Å². The number of carbonyl (C=O) groups is 1. The minimum absolute atomic E-state index is 0.120. The lowest BCUT2D eigenvalue weighted by molar-refractivity contribution is -0.384. The quantitative estimate of drug-likeness (QED) is 0.515. The molecule has 0 bridgehead atoms. The molecule has 0 aliphatic heterocycles. The summed E-state index contributed by atoms with van der Waals surface area (Å²) in [5.41, 5.74) is 4.18. The summed E-state index contributed by atoms with van der Waals surface area (Å²) in [7, 11) is 1.51. The molecule has 0 aromatic heterocycles. The highest BCUT2D eigenvalue weighted by atomic mass is 19.1. The highest BCUT2D eigenvalue weighted by Gasteiger charge is 2.27. The predicted molar refractivity (Wildman–Crippen MR) is 69.3 cm³/mol.